The Kier molecular flexibility index (Phi) is 6.30. The van der Waals surface area contributed by atoms with E-state index in [4.69, 9.17) is 9.47 Å². The van der Waals surface area contributed by atoms with Crippen LogP contribution in [0.15, 0.2) is 54.7 Å². The molecule has 6 heteroatoms. The van der Waals surface area contributed by atoms with E-state index in [2.05, 4.69) is 10.3 Å². The zero-order chi connectivity index (χ0) is 20.1. The Bertz CT molecular complexity index is 786. The van der Waals surface area contributed by atoms with Crippen LogP contribution in [0.25, 0.3) is 0 Å². The quantitative estimate of drug-likeness (QED) is 0.780. The van der Waals surface area contributed by atoms with E-state index in [0.717, 1.165) is 37.5 Å². The molecule has 154 valence electrons. The molecule has 1 aliphatic carbocycles. The summed E-state index contributed by atoms with van der Waals surface area (Å²) in [5.41, 5.74) is 0. The minimum atomic E-state index is 0.134. The molecule has 1 saturated heterocycles. The lowest BCUT2D eigenvalue weighted by molar-refractivity contribution is -0.130. The maximum Gasteiger partial charge on any atom is 0.226 e. The number of carbonyl (C=O) groups excluding carboxylic acids is 1. The zero-order valence-corrected chi connectivity index (χ0v) is 16.9. The first-order valence-electron chi connectivity index (χ1n) is 10.4. The largest absolute Gasteiger partial charge is 0.493 e. The molecule has 1 N–H and O–H groups in total. The van der Waals surface area contributed by atoms with Gasteiger partial charge in [0.1, 0.15) is 11.6 Å². The Morgan fingerprint density at radius 2 is 1.86 bits per heavy atom. The number of pyridine rings is 1. The van der Waals surface area contributed by atoms with Gasteiger partial charge in [0.05, 0.1) is 25.2 Å². The van der Waals surface area contributed by atoms with Crippen molar-refractivity contribution in [2.45, 2.75) is 31.4 Å². The smallest absolute Gasteiger partial charge is 0.226 e. The molecule has 2 aromatic rings. The van der Waals surface area contributed by atoms with Gasteiger partial charge in [0.25, 0.3) is 0 Å². The summed E-state index contributed by atoms with van der Waals surface area (Å²) in [5, 5.41) is 3.53. The topological polar surface area (TPSA) is 63.7 Å². The summed E-state index contributed by atoms with van der Waals surface area (Å²) in [5.74, 6) is 2.87. The van der Waals surface area contributed by atoms with Crippen LogP contribution in [0.2, 0.25) is 0 Å². The number of nitrogens with one attached hydrogen (secondary N) is 1. The molecule has 1 aromatic carbocycles. The van der Waals surface area contributed by atoms with E-state index in [1.54, 1.807) is 13.3 Å². The van der Waals surface area contributed by atoms with Crippen molar-refractivity contribution in [2.24, 2.45) is 11.8 Å². The molecule has 1 aromatic heterocycles. The molecule has 4 rings (SSSR count). The van der Waals surface area contributed by atoms with Gasteiger partial charge in [-0.1, -0.05) is 24.3 Å². The van der Waals surface area contributed by atoms with Crippen LogP contribution in [-0.2, 0) is 9.53 Å². The fourth-order valence-corrected chi connectivity index (χ4v) is 4.60. The second-order valence-corrected chi connectivity index (χ2v) is 7.94. The van der Waals surface area contributed by atoms with Gasteiger partial charge in [0, 0.05) is 26.4 Å². The number of aromatic nitrogens is 1. The number of ether oxygens (including phenoxy) is 2. The first-order chi connectivity index (χ1) is 14.2. The SMILES string of the molecule is CO[C@@H]1C[C@H]2CN(C(=O)CCOc3ccccc3)C[C@H]2C[C@H]1Nc1ccccn1. The Labute approximate surface area is 172 Å². The van der Waals surface area contributed by atoms with Crippen molar-refractivity contribution in [2.75, 3.05) is 32.1 Å². The third-order valence-corrected chi connectivity index (χ3v) is 6.10. The molecule has 29 heavy (non-hydrogen) atoms. The van der Waals surface area contributed by atoms with Crippen LogP contribution < -0.4 is 10.1 Å². The third-order valence-electron chi connectivity index (χ3n) is 6.10. The molecule has 4 atom stereocenters. The number of anilines is 1. The summed E-state index contributed by atoms with van der Waals surface area (Å²) in [6.07, 6.45) is 4.30. The van der Waals surface area contributed by atoms with Gasteiger partial charge in [0.2, 0.25) is 5.91 Å². The summed E-state index contributed by atoms with van der Waals surface area (Å²) in [6, 6.07) is 15.7. The summed E-state index contributed by atoms with van der Waals surface area (Å²) >= 11 is 0. The molecule has 2 fully saturated rings. The number of likely N-dealkylation sites (tertiary alicyclic amines) is 1. The van der Waals surface area contributed by atoms with Crippen molar-refractivity contribution in [3.05, 3.63) is 54.7 Å². The van der Waals surface area contributed by atoms with Gasteiger partial charge in [0.15, 0.2) is 0 Å². The first-order valence-corrected chi connectivity index (χ1v) is 10.4. The lowest BCUT2D eigenvalue weighted by Crippen LogP contribution is -2.44. The van der Waals surface area contributed by atoms with Gasteiger partial charge in [-0.2, -0.15) is 0 Å². The molecule has 2 heterocycles. The van der Waals surface area contributed by atoms with E-state index in [-0.39, 0.29) is 18.1 Å². The molecule has 0 spiro atoms. The summed E-state index contributed by atoms with van der Waals surface area (Å²) in [7, 11) is 1.77. The van der Waals surface area contributed by atoms with Crippen molar-refractivity contribution in [3.63, 3.8) is 0 Å². The van der Waals surface area contributed by atoms with Gasteiger partial charge >= 0.3 is 0 Å². The van der Waals surface area contributed by atoms with E-state index >= 15 is 0 Å². The van der Waals surface area contributed by atoms with Crippen molar-refractivity contribution < 1.29 is 14.3 Å². The number of fused-ring (bicyclic) bond motifs is 1. The highest BCUT2D eigenvalue weighted by molar-refractivity contribution is 5.76. The number of carbonyl (C=O) groups is 1. The minimum Gasteiger partial charge on any atom is -0.493 e. The molecule has 1 aliphatic heterocycles. The molecule has 0 radical (unpaired) electrons. The number of nitrogens with zero attached hydrogens (tertiary/aromatic N) is 2. The highest BCUT2D eigenvalue weighted by atomic mass is 16.5. The maximum atomic E-state index is 12.7. The van der Waals surface area contributed by atoms with Crippen molar-refractivity contribution in [1.29, 1.82) is 0 Å². The number of methoxy groups -OCH3 is 1. The van der Waals surface area contributed by atoms with Crippen molar-refractivity contribution >= 4 is 11.7 Å². The second-order valence-electron chi connectivity index (χ2n) is 7.94. The van der Waals surface area contributed by atoms with Crippen LogP contribution >= 0.6 is 0 Å². The number of hydrogen-bond acceptors (Lipinski definition) is 5. The second kappa shape index (κ2) is 9.27. The summed E-state index contributed by atoms with van der Waals surface area (Å²) in [4.78, 5) is 19.1. The summed E-state index contributed by atoms with van der Waals surface area (Å²) in [6.45, 7) is 2.07. The standard InChI is InChI=1S/C23H29N3O3/c1-28-21-14-18-16-26(23(27)10-12-29-19-7-3-2-4-8-19)15-17(18)13-20(21)25-22-9-5-6-11-24-22/h2-9,11,17-18,20-21H,10,12-16H2,1H3,(H,24,25)/t17-,18+,20-,21-/m1/s1. The summed E-state index contributed by atoms with van der Waals surface area (Å²) < 4.78 is 11.5. The number of amides is 1. The zero-order valence-electron chi connectivity index (χ0n) is 16.9. The van der Waals surface area contributed by atoms with E-state index in [9.17, 15) is 4.79 Å². The monoisotopic (exact) mass is 395 g/mol. The predicted molar refractivity (Wildman–Crippen MR) is 112 cm³/mol. The molecular formula is C23H29N3O3. The minimum absolute atomic E-state index is 0.134. The lowest BCUT2D eigenvalue weighted by Gasteiger charge is -2.37. The number of benzene rings is 1. The first kappa shape index (κ1) is 19.7. The van der Waals surface area contributed by atoms with Gasteiger partial charge in [-0.25, -0.2) is 4.98 Å². The molecule has 1 amide bonds. The Morgan fingerprint density at radius 3 is 2.59 bits per heavy atom. The van der Waals surface area contributed by atoms with Crippen LogP contribution in [0.1, 0.15) is 19.3 Å². The van der Waals surface area contributed by atoms with Crippen LogP contribution in [0.5, 0.6) is 5.75 Å². The molecule has 2 aliphatic rings. The highest BCUT2D eigenvalue weighted by Gasteiger charge is 2.43. The number of para-hydroxylation sites is 1. The van der Waals surface area contributed by atoms with Gasteiger partial charge in [-0.3, -0.25) is 4.79 Å². The highest BCUT2D eigenvalue weighted by Crippen LogP contribution is 2.38. The van der Waals surface area contributed by atoms with Crippen LogP contribution in [0, 0.1) is 11.8 Å². The average Bonchev–Trinajstić information content (AvgIpc) is 3.17. The average molecular weight is 396 g/mol. The molecule has 1 saturated carbocycles. The normalized spacial score (nSPS) is 26.0. The Morgan fingerprint density at radius 1 is 1.10 bits per heavy atom. The molecule has 0 unspecified atom stereocenters. The Balaban J connectivity index is 1.30. The van der Waals surface area contributed by atoms with Crippen molar-refractivity contribution in [1.82, 2.24) is 9.88 Å². The third kappa shape index (κ3) is 4.88. The van der Waals surface area contributed by atoms with Crippen LogP contribution in [0.4, 0.5) is 5.82 Å². The maximum absolute atomic E-state index is 12.7. The fraction of sp³-hybridized carbons (Fsp3) is 0.478. The Hall–Kier alpha value is -2.60. The van der Waals surface area contributed by atoms with E-state index < -0.39 is 0 Å². The van der Waals surface area contributed by atoms with Gasteiger partial charge in [-0.15, -0.1) is 0 Å². The van der Waals surface area contributed by atoms with E-state index in [1.165, 1.54) is 0 Å². The number of hydrogen-bond donors (Lipinski definition) is 1. The fourth-order valence-electron chi connectivity index (χ4n) is 4.60. The van der Waals surface area contributed by atoms with Crippen LogP contribution in [0.3, 0.4) is 0 Å². The molecular weight excluding hydrogens is 366 g/mol. The van der Waals surface area contributed by atoms with Crippen molar-refractivity contribution in [3.8, 4) is 5.75 Å². The lowest BCUT2D eigenvalue weighted by atomic mass is 9.77. The van der Waals surface area contributed by atoms with E-state index in [1.807, 2.05) is 53.4 Å². The molecule has 0 bridgehead atoms. The van der Waals surface area contributed by atoms with Gasteiger partial charge < -0.3 is 19.7 Å². The molecule has 6 nitrogen and oxygen atoms in total. The van der Waals surface area contributed by atoms with Gasteiger partial charge in [-0.05, 0) is 48.9 Å². The number of rotatable bonds is 7. The van der Waals surface area contributed by atoms with Crippen LogP contribution in [-0.4, -0.2) is 54.7 Å². The van der Waals surface area contributed by atoms with E-state index in [0.29, 0.717) is 24.9 Å². The predicted octanol–water partition coefficient (Wildman–Crippen LogP) is 3.21.